The number of aliphatic hydroxyl groups excluding tert-OH is 1. The van der Waals surface area contributed by atoms with Crippen LogP contribution in [0, 0.1) is 0 Å². The van der Waals surface area contributed by atoms with Crippen LogP contribution < -0.4 is 0 Å². The van der Waals surface area contributed by atoms with Crippen molar-refractivity contribution in [1.29, 1.82) is 0 Å². The number of benzene rings is 1. The molecule has 1 N–H and O–H groups in total. The first-order chi connectivity index (χ1) is 7.18. The lowest BCUT2D eigenvalue weighted by atomic mass is 10.0. The monoisotopic (exact) mass is 286 g/mol. The zero-order valence-electron chi connectivity index (χ0n) is 7.65. The van der Waals surface area contributed by atoms with Crippen LogP contribution in [0.2, 0.25) is 5.02 Å². The summed E-state index contributed by atoms with van der Waals surface area (Å²) in [5.74, 6) is 0. The number of furan rings is 1. The molecular formula is C11H8BrClO2. The molecular weight excluding hydrogens is 279 g/mol. The van der Waals surface area contributed by atoms with Gasteiger partial charge in [-0.3, -0.25) is 0 Å². The lowest BCUT2D eigenvalue weighted by Gasteiger charge is -2.09. The summed E-state index contributed by atoms with van der Waals surface area (Å²) in [7, 11) is 0. The van der Waals surface area contributed by atoms with Gasteiger partial charge in [-0.1, -0.05) is 23.7 Å². The number of aliphatic hydroxyl groups is 1. The molecule has 1 aromatic heterocycles. The summed E-state index contributed by atoms with van der Waals surface area (Å²) < 4.78 is 5.60. The highest BCUT2D eigenvalue weighted by Crippen LogP contribution is 2.30. The van der Waals surface area contributed by atoms with Gasteiger partial charge in [-0.05, 0) is 39.7 Å². The van der Waals surface area contributed by atoms with Crippen LogP contribution in [-0.2, 0) is 0 Å². The summed E-state index contributed by atoms with van der Waals surface area (Å²) in [4.78, 5) is 0. The van der Waals surface area contributed by atoms with E-state index < -0.39 is 6.10 Å². The minimum atomic E-state index is -0.725. The molecule has 0 amide bonds. The minimum absolute atomic E-state index is 0.537. The number of hydrogen-bond donors (Lipinski definition) is 1. The van der Waals surface area contributed by atoms with Crippen molar-refractivity contribution in [2.45, 2.75) is 6.10 Å². The molecule has 2 nitrogen and oxygen atoms in total. The average Bonchev–Trinajstić information content (AvgIpc) is 2.63. The quantitative estimate of drug-likeness (QED) is 0.912. The maximum Gasteiger partial charge on any atom is 0.175 e. The molecule has 0 fully saturated rings. The largest absolute Gasteiger partial charge is 0.457 e. The Labute approximate surface area is 101 Å². The number of rotatable bonds is 2. The molecule has 2 aromatic rings. The molecule has 0 radical (unpaired) electrons. The van der Waals surface area contributed by atoms with Gasteiger partial charge in [-0.15, -0.1) is 0 Å². The van der Waals surface area contributed by atoms with Gasteiger partial charge in [-0.25, -0.2) is 0 Å². The Bertz CT molecular complexity index is 467. The molecule has 4 heteroatoms. The van der Waals surface area contributed by atoms with Crippen molar-refractivity contribution >= 4 is 27.5 Å². The Hall–Kier alpha value is -0.770. The van der Waals surface area contributed by atoms with Crippen LogP contribution in [0.3, 0.4) is 0 Å². The van der Waals surface area contributed by atoms with Gasteiger partial charge in [0.05, 0.1) is 6.26 Å². The van der Waals surface area contributed by atoms with Crippen molar-refractivity contribution in [2.24, 2.45) is 0 Å². The molecule has 0 spiro atoms. The Morgan fingerprint density at radius 1 is 1.33 bits per heavy atom. The van der Waals surface area contributed by atoms with Gasteiger partial charge in [-0.2, -0.15) is 0 Å². The molecule has 1 heterocycles. The van der Waals surface area contributed by atoms with E-state index in [-0.39, 0.29) is 0 Å². The van der Waals surface area contributed by atoms with E-state index in [2.05, 4.69) is 15.9 Å². The van der Waals surface area contributed by atoms with Crippen molar-refractivity contribution in [3.8, 4) is 0 Å². The van der Waals surface area contributed by atoms with Gasteiger partial charge in [0.2, 0.25) is 0 Å². The number of halogens is 2. The maximum absolute atomic E-state index is 10.0. The van der Waals surface area contributed by atoms with Crippen molar-refractivity contribution in [3.63, 3.8) is 0 Å². The predicted octanol–water partition coefficient (Wildman–Crippen LogP) is 3.78. The molecule has 0 bridgehead atoms. The van der Waals surface area contributed by atoms with Gasteiger partial charge in [0.1, 0.15) is 6.10 Å². The molecule has 0 saturated carbocycles. The van der Waals surface area contributed by atoms with Crippen molar-refractivity contribution < 1.29 is 9.52 Å². The molecule has 1 unspecified atom stereocenters. The molecule has 0 aliphatic heterocycles. The molecule has 1 atom stereocenters. The Balaban J connectivity index is 2.36. The second-order valence-corrected chi connectivity index (χ2v) is 4.26. The van der Waals surface area contributed by atoms with Crippen molar-refractivity contribution in [1.82, 2.24) is 0 Å². The van der Waals surface area contributed by atoms with Crippen molar-refractivity contribution in [2.75, 3.05) is 0 Å². The Morgan fingerprint density at radius 3 is 2.73 bits per heavy atom. The van der Waals surface area contributed by atoms with Gasteiger partial charge in [0.15, 0.2) is 4.67 Å². The standard InChI is InChI=1S/C11H8BrClO2/c12-11-9(4-5-15-11)10(14)7-2-1-3-8(13)6-7/h1-6,10,14H. The minimum Gasteiger partial charge on any atom is -0.457 e. The molecule has 0 saturated heterocycles. The summed E-state index contributed by atoms with van der Waals surface area (Å²) in [6.07, 6.45) is 0.796. The highest BCUT2D eigenvalue weighted by molar-refractivity contribution is 9.10. The van der Waals surface area contributed by atoms with Gasteiger partial charge >= 0.3 is 0 Å². The third-order valence-corrected chi connectivity index (χ3v) is 2.98. The van der Waals surface area contributed by atoms with E-state index in [0.717, 1.165) is 5.56 Å². The van der Waals surface area contributed by atoms with Crippen LogP contribution in [0.25, 0.3) is 0 Å². The summed E-state index contributed by atoms with van der Waals surface area (Å²) in [5.41, 5.74) is 1.43. The van der Waals surface area contributed by atoms with Gasteiger partial charge < -0.3 is 9.52 Å². The summed E-state index contributed by atoms with van der Waals surface area (Å²) in [6, 6.07) is 8.83. The van der Waals surface area contributed by atoms with E-state index in [1.807, 2.05) is 6.07 Å². The van der Waals surface area contributed by atoms with E-state index in [0.29, 0.717) is 15.3 Å². The van der Waals surface area contributed by atoms with E-state index in [9.17, 15) is 5.11 Å². The fraction of sp³-hybridized carbons (Fsp3) is 0.0909. The summed E-state index contributed by atoms with van der Waals surface area (Å²) in [5, 5.41) is 10.6. The van der Waals surface area contributed by atoms with Crippen LogP contribution in [-0.4, -0.2) is 5.11 Å². The Morgan fingerprint density at radius 2 is 2.13 bits per heavy atom. The zero-order valence-corrected chi connectivity index (χ0v) is 9.99. The predicted molar refractivity (Wildman–Crippen MR) is 61.9 cm³/mol. The van der Waals surface area contributed by atoms with Crippen LogP contribution in [0.4, 0.5) is 0 Å². The Kier molecular flexibility index (Phi) is 3.14. The van der Waals surface area contributed by atoms with E-state index in [1.54, 1.807) is 24.3 Å². The first-order valence-electron chi connectivity index (χ1n) is 4.35. The van der Waals surface area contributed by atoms with E-state index in [1.165, 1.54) is 6.26 Å². The van der Waals surface area contributed by atoms with Crippen molar-refractivity contribution in [3.05, 3.63) is 57.4 Å². The smallest absolute Gasteiger partial charge is 0.175 e. The topological polar surface area (TPSA) is 33.4 Å². The highest BCUT2D eigenvalue weighted by Gasteiger charge is 2.15. The first kappa shape index (κ1) is 10.7. The molecule has 2 rings (SSSR count). The van der Waals surface area contributed by atoms with Crippen LogP contribution >= 0.6 is 27.5 Å². The normalized spacial score (nSPS) is 12.7. The summed E-state index contributed by atoms with van der Waals surface area (Å²) in [6.45, 7) is 0. The highest BCUT2D eigenvalue weighted by atomic mass is 79.9. The molecule has 0 aliphatic rings. The second-order valence-electron chi connectivity index (χ2n) is 3.11. The van der Waals surface area contributed by atoms with E-state index in [4.69, 9.17) is 16.0 Å². The van der Waals surface area contributed by atoms with Crippen LogP contribution in [0.5, 0.6) is 0 Å². The fourth-order valence-corrected chi connectivity index (χ4v) is 2.01. The first-order valence-corrected chi connectivity index (χ1v) is 5.52. The SMILES string of the molecule is OC(c1cccc(Cl)c1)c1ccoc1Br. The maximum atomic E-state index is 10.0. The third kappa shape index (κ3) is 2.25. The molecule has 78 valence electrons. The molecule has 15 heavy (non-hydrogen) atoms. The summed E-state index contributed by atoms with van der Waals surface area (Å²) >= 11 is 9.07. The van der Waals surface area contributed by atoms with E-state index >= 15 is 0 Å². The van der Waals surface area contributed by atoms with Crippen LogP contribution in [0.15, 0.2) is 45.7 Å². The zero-order chi connectivity index (χ0) is 10.8. The van der Waals surface area contributed by atoms with Gasteiger partial charge in [0, 0.05) is 10.6 Å². The number of hydrogen-bond acceptors (Lipinski definition) is 2. The molecule has 1 aromatic carbocycles. The average molecular weight is 288 g/mol. The second kappa shape index (κ2) is 4.39. The lowest BCUT2D eigenvalue weighted by molar-refractivity contribution is 0.218. The molecule has 0 aliphatic carbocycles. The van der Waals surface area contributed by atoms with Crippen LogP contribution in [0.1, 0.15) is 17.2 Å². The third-order valence-electron chi connectivity index (χ3n) is 2.11. The fourth-order valence-electron chi connectivity index (χ4n) is 1.36. The van der Waals surface area contributed by atoms with Gasteiger partial charge in [0.25, 0.3) is 0 Å². The lowest BCUT2D eigenvalue weighted by Crippen LogP contribution is -1.98.